The van der Waals surface area contributed by atoms with Crippen molar-refractivity contribution < 1.29 is 29.2 Å². The largest absolute Gasteiger partial charge is 0.497 e. The highest BCUT2D eigenvalue weighted by molar-refractivity contribution is 5.40. The number of aliphatic hydroxyl groups is 2. The van der Waals surface area contributed by atoms with Gasteiger partial charge in [-0.25, -0.2) is 0 Å². The van der Waals surface area contributed by atoms with E-state index in [-0.39, 0.29) is 0 Å². The van der Waals surface area contributed by atoms with Gasteiger partial charge in [0.25, 0.3) is 0 Å². The van der Waals surface area contributed by atoms with Crippen molar-refractivity contribution in [2.45, 2.75) is 19.5 Å². The van der Waals surface area contributed by atoms with Crippen molar-refractivity contribution in [3.05, 3.63) is 83.4 Å². The fourth-order valence-corrected chi connectivity index (χ4v) is 2.75. The number of benzene rings is 3. The van der Waals surface area contributed by atoms with E-state index in [9.17, 15) is 10.2 Å². The molecule has 0 heterocycles. The van der Waals surface area contributed by atoms with Gasteiger partial charge in [0, 0.05) is 11.1 Å². The molecule has 0 aliphatic carbocycles. The fraction of sp³-hybridized carbons (Fsp3) is 0.217. The van der Waals surface area contributed by atoms with E-state index in [0.717, 1.165) is 5.56 Å². The molecule has 29 heavy (non-hydrogen) atoms. The lowest BCUT2D eigenvalue weighted by Crippen LogP contribution is -2.08. The first kappa shape index (κ1) is 20.5. The third kappa shape index (κ3) is 5.19. The number of hydrogen-bond donors (Lipinski definition) is 2. The summed E-state index contributed by atoms with van der Waals surface area (Å²) in [4.78, 5) is 0. The Labute approximate surface area is 169 Å². The number of ether oxygens (including phenoxy) is 4. The Morgan fingerprint density at radius 2 is 1.07 bits per heavy atom. The summed E-state index contributed by atoms with van der Waals surface area (Å²) in [6.07, 6.45) is -2.23. The number of rotatable bonds is 8. The van der Waals surface area contributed by atoms with Crippen LogP contribution in [0.1, 0.15) is 29.3 Å². The van der Waals surface area contributed by atoms with Gasteiger partial charge in [-0.3, -0.25) is 0 Å². The topological polar surface area (TPSA) is 77.4 Å². The van der Waals surface area contributed by atoms with E-state index in [1.54, 1.807) is 80.9 Å². The molecule has 3 aromatic rings. The Hall–Kier alpha value is -3.22. The predicted molar refractivity (Wildman–Crippen MR) is 108 cm³/mol. The first-order valence-electron chi connectivity index (χ1n) is 9.08. The number of aliphatic hydroxyl groups excluding tert-OH is 2. The van der Waals surface area contributed by atoms with Crippen molar-refractivity contribution in [1.29, 1.82) is 0 Å². The van der Waals surface area contributed by atoms with Gasteiger partial charge in [-0.15, -0.1) is 0 Å². The summed E-state index contributed by atoms with van der Waals surface area (Å²) in [5.41, 5.74) is 1.98. The van der Waals surface area contributed by atoms with Crippen LogP contribution in [0.3, 0.4) is 0 Å². The lowest BCUT2D eigenvalue weighted by Gasteiger charge is -2.18. The van der Waals surface area contributed by atoms with Crippen molar-refractivity contribution in [2.24, 2.45) is 0 Å². The van der Waals surface area contributed by atoms with Crippen LogP contribution in [-0.4, -0.2) is 24.4 Å². The zero-order chi connectivity index (χ0) is 20.8. The molecule has 152 valence electrons. The monoisotopic (exact) mass is 396 g/mol. The minimum absolute atomic E-state index is 0.483. The summed E-state index contributed by atoms with van der Waals surface area (Å²) < 4.78 is 21.5. The molecule has 0 spiro atoms. The molecular weight excluding hydrogens is 372 g/mol. The van der Waals surface area contributed by atoms with Crippen LogP contribution in [0.15, 0.2) is 66.7 Å². The molecule has 0 aliphatic rings. The second kappa shape index (κ2) is 9.32. The SMILES string of the molecule is COc1ccc(C(O)Oc2ccc(OC(O)c3ccc(OC)cc3)c(C)c2)cc1. The van der Waals surface area contributed by atoms with Gasteiger partial charge in [-0.1, -0.05) is 0 Å². The molecule has 0 saturated heterocycles. The highest BCUT2D eigenvalue weighted by Gasteiger charge is 2.14. The Balaban J connectivity index is 1.65. The first-order valence-corrected chi connectivity index (χ1v) is 9.08. The zero-order valence-electron chi connectivity index (χ0n) is 16.5. The third-order valence-corrected chi connectivity index (χ3v) is 4.43. The van der Waals surface area contributed by atoms with Gasteiger partial charge in [0.2, 0.25) is 12.6 Å². The summed E-state index contributed by atoms with van der Waals surface area (Å²) in [6.45, 7) is 1.84. The van der Waals surface area contributed by atoms with Gasteiger partial charge in [-0.05, 0) is 79.2 Å². The maximum atomic E-state index is 10.3. The van der Waals surface area contributed by atoms with Crippen molar-refractivity contribution >= 4 is 0 Å². The molecule has 2 N–H and O–H groups in total. The lowest BCUT2D eigenvalue weighted by molar-refractivity contribution is -0.0229. The molecule has 3 rings (SSSR count). The van der Waals surface area contributed by atoms with E-state index in [1.165, 1.54) is 0 Å². The zero-order valence-corrected chi connectivity index (χ0v) is 16.5. The molecule has 2 atom stereocenters. The minimum Gasteiger partial charge on any atom is -0.497 e. The Morgan fingerprint density at radius 3 is 1.52 bits per heavy atom. The van der Waals surface area contributed by atoms with Crippen LogP contribution in [0, 0.1) is 6.92 Å². The van der Waals surface area contributed by atoms with Gasteiger partial charge in [0.15, 0.2) is 0 Å². The number of aryl methyl sites for hydroxylation is 1. The average molecular weight is 396 g/mol. The molecule has 0 radical (unpaired) electrons. The molecule has 0 aliphatic heterocycles. The molecule has 0 amide bonds. The Morgan fingerprint density at radius 1 is 0.621 bits per heavy atom. The molecule has 0 bridgehead atoms. The highest BCUT2D eigenvalue weighted by Crippen LogP contribution is 2.30. The summed E-state index contributed by atoms with van der Waals surface area (Å²) in [5.74, 6) is 2.40. The maximum absolute atomic E-state index is 10.3. The molecule has 0 saturated carbocycles. The second-order valence-corrected chi connectivity index (χ2v) is 6.41. The Kier molecular flexibility index (Phi) is 6.59. The van der Waals surface area contributed by atoms with Gasteiger partial charge in [0.05, 0.1) is 14.2 Å². The first-order chi connectivity index (χ1) is 14.0. The van der Waals surface area contributed by atoms with E-state index in [2.05, 4.69) is 0 Å². The van der Waals surface area contributed by atoms with Crippen LogP contribution < -0.4 is 18.9 Å². The predicted octanol–water partition coefficient (Wildman–Crippen LogP) is 4.15. The molecule has 0 fully saturated rings. The molecule has 0 aromatic heterocycles. The van der Waals surface area contributed by atoms with Gasteiger partial charge >= 0.3 is 0 Å². The fourth-order valence-electron chi connectivity index (χ4n) is 2.75. The summed E-state index contributed by atoms with van der Waals surface area (Å²) in [5, 5.41) is 20.6. The van der Waals surface area contributed by atoms with Gasteiger partial charge in [-0.2, -0.15) is 0 Å². The van der Waals surface area contributed by atoms with Crippen LogP contribution in [-0.2, 0) is 0 Å². The number of hydrogen-bond acceptors (Lipinski definition) is 6. The van der Waals surface area contributed by atoms with Crippen LogP contribution in [0.5, 0.6) is 23.0 Å². The van der Waals surface area contributed by atoms with Crippen molar-refractivity contribution in [1.82, 2.24) is 0 Å². The number of methoxy groups -OCH3 is 2. The molecule has 6 nitrogen and oxygen atoms in total. The standard InChI is InChI=1S/C23H24O6/c1-15-14-20(28-22(24)16-4-8-18(26-2)9-5-16)12-13-21(15)29-23(25)17-6-10-19(27-3)11-7-17/h4-14,22-25H,1-3H3. The third-order valence-electron chi connectivity index (χ3n) is 4.43. The smallest absolute Gasteiger partial charge is 0.224 e. The van der Waals surface area contributed by atoms with Crippen LogP contribution in [0.25, 0.3) is 0 Å². The summed E-state index contributed by atoms with van der Waals surface area (Å²) >= 11 is 0. The van der Waals surface area contributed by atoms with Crippen molar-refractivity contribution in [2.75, 3.05) is 14.2 Å². The highest BCUT2D eigenvalue weighted by atomic mass is 16.6. The van der Waals surface area contributed by atoms with E-state index in [4.69, 9.17) is 18.9 Å². The van der Waals surface area contributed by atoms with Crippen LogP contribution in [0.4, 0.5) is 0 Å². The van der Waals surface area contributed by atoms with E-state index < -0.39 is 12.6 Å². The van der Waals surface area contributed by atoms with E-state index in [0.29, 0.717) is 34.1 Å². The molecule has 3 aromatic carbocycles. The normalized spacial score (nSPS) is 12.7. The summed E-state index contributed by atoms with van der Waals surface area (Å²) in [7, 11) is 3.17. The Bertz CT molecular complexity index is 921. The quantitative estimate of drug-likeness (QED) is 0.557. The second-order valence-electron chi connectivity index (χ2n) is 6.41. The maximum Gasteiger partial charge on any atom is 0.224 e. The minimum atomic E-state index is -1.11. The van der Waals surface area contributed by atoms with Crippen molar-refractivity contribution in [3.8, 4) is 23.0 Å². The lowest BCUT2D eigenvalue weighted by atomic mass is 10.2. The van der Waals surface area contributed by atoms with Gasteiger partial charge in [0.1, 0.15) is 23.0 Å². The molecule has 2 unspecified atom stereocenters. The molecule has 6 heteroatoms. The van der Waals surface area contributed by atoms with E-state index in [1.807, 2.05) is 6.92 Å². The van der Waals surface area contributed by atoms with Crippen LogP contribution in [0.2, 0.25) is 0 Å². The summed E-state index contributed by atoms with van der Waals surface area (Å²) in [6, 6.07) is 19.1. The van der Waals surface area contributed by atoms with Crippen molar-refractivity contribution in [3.63, 3.8) is 0 Å². The van der Waals surface area contributed by atoms with Crippen LogP contribution >= 0.6 is 0 Å². The average Bonchev–Trinajstić information content (AvgIpc) is 2.75. The van der Waals surface area contributed by atoms with E-state index >= 15 is 0 Å². The molecular formula is C23H24O6. The van der Waals surface area contributed by atoms with Gasteiger partial charge < -0.3 is 29.2 Å².